The summed E-state index contributed by atoms with van der Waals surface area (Å²) in [4.78, 5) is 0. The van der Waals surface area contributed by atoms with Crippen molar-refractivity contribution in [1.82, 2.24) is 0 Å². The summed E-state index contributed by atoms with van der Waals surface area (Å²) in [6.45, 7) is 6.27. The van der Waals surface area contributed by atoms with Crippen molar-refractivity contribution < 1.29 is 9.47 Å². The highest BCUT2D eigenvalue weighted by Crippen LogP contribution is 2.14. The zero-order valence-electron chi connectivity index (χ0n) is 15.7. The number of hydrogen-bond donors (Lipinski definition) is 0. The van der Waals surface area contributed by atoms with Crippen LogP contribution >= 0.6 is 0 Å². The molecule has 0 radical (unpaired) electrons. The van der Waals surface area contributed by atoms with E-state index in [1.165, 1.54) is 77.0 Å². The standard InChI is InChI=1S/C21H40O2/c1-20(2)16-14-12-10-8-6-4-3-5-7-9-11-13-15-17-22-18-21-19-23-21/h15,17,20-21H,3-14,16,18-19H2,1-2H3. The van der Waals surface area contributed by atoms with Gasteiger partial charge in [0.25, 0.3) is 0 Å². The molecule has 1 saturated heterocycles. The van der Waals surface area contributed by atoms with Crippen LogP contribution in [0.1, 0.15) is 97.3 Å². The molecule has 1 rings (SSSR count). The molecule has 0 aromatic heterocycles. The largest absolute Gasteiger partial charge is 0.499 e. The van der Waals surface area contributed by atoms with Crippen molar-refractivity contribution in [2.45, 2.75) is 103 Å². The van der Waals surface area contributed by atoms with Crippen LogP contribution in [0.4, 0.5) is 0 Å². The van der Waals surface area contributed by atoms with Crippen LogP contribution in [0.3, 0.4) is 0 Å². The van der Waals surface area contributed by atoms with Gasteiger partial charge >= 0.3 is 0 Å². The molecule has 1 aliphatic heterocycles. The van der Waals surface area contributed by atoms with Gasteiger partial charge in [-0.1, -0.05) is 84.5 Å². The highest BCUT2D eigenvalue weighted by atomic mass is 16.6. The van der Waals surface area contributed by atoms with E-state index in [1.807, 2.05) is 6.26 Å². The van der Waals surface area contributed by atoms with Crippen molar-refractivity contribution in [2.75, 3.05) is 13.2 Å². The lowest BCUT2D eigenvalue weighted by atomic mass is 10.0. The minimum Gasteiger partial charge on any atom is -0.499 e. The van der Waals surface area contributed by atoms with E-state index in [1.54, 1.807) is 0 Å². The minimum atomic E-state index is 0.375. The molecule has 0 aliphatic carbocycles. The lowest BCUT2D eigenvalue weighted by Crippen LogP contribution is -1.94. The molecular weight excluding hydrogens is 284 g/mol. The van der Waals surface area contributed by atoms with Gasteiger partial charge < -0.3 is 9.47 Å². The second kappa shape index (κ2) is 15.1. The van der Waals surface area contributed by atoms with Crippen LogP contribution in [0.25, 0.3) is 0 Å². The van der Waals surface area contributed by atoms with Crippen LogP contribution in [0.15, 0.2) is 12.3 Å². The Labute approximate surface area is 145 Å². The molecule has 0 saturated carbocycles. The quantitative estimate of drug-likeness (QED) is 0.170. The van der Waals surface area contributed by atoms with Gasteiger partial charge in [-0.15, -0.1) is 0 Å². The summed E-state index contributed by atoms with van der Waals surface area (Å²) in [6, 6.07) is 0. The molecular formula is C21H40O2. The summed E-state index contributed by atoms with van der Waals surface area (Å²) in [5.74, 6) is 0.885. The zero-order chi connectivity index (χ0) is 16.6. The molecule has 0 bridgehead atoms. The first-order valence-electron chi connectivity index (χ1n) is 10.2. The third kappa shape index (κ3) is 16.1. The summed E-state index contributed by atoms with van der Waals surface area (Å²) in [5, 5.41) is 0. The predicted octanol–water partition coefficient (Wildman–Crippen LogP) is 6.64. The van der Waals surface area contributed by atoms with E-state index in [9.17, 15) is 0 Å². The van der Waals surface area contributed by atoms with Crippen molar-refractivity contribution in [3.05, 3.63) is 12.3 Å². The fourth-order valence-electron chi connectivity index (χ4n) is 2.87. The maximum atomic E-state index is 5.37. The average molecular weight is 325 g/mol. The van der Waals surface area contributed by atoms with Gasteiger partial charge in [0.2, 0.25) is 0 Å². The maximum absolute atomic E-state index is 5.37. The first kappa shape index (κ1) is 20.5. The molecule has 0 aromatic rings. The Bertz CT molecular complexity index is 269. The van der Waals surface area contributed by atoms with Crippen molar-refractivity contribution in [3.8, 4) is 0 Å². The van der Waals surface area contributed by atoms with Crippen molar-refractivity contribution in [1.29, 1.82) is 0 Å². The molecule has 1 heterocycles. The molecule has 23 heavy (non-hydrogen) atoms. The van der Waals surface area contributed by atoms with Gasteiger partial charge in [0, 0.05) is 0 Å². The van der Waals surface area contributed by atoms with Gasteiger partial charge in [-0.25, -0.2) is 0 Å². The van der Waals surface area contributed by atoms with E-state index in [4.69, 9.17) is 9.47 Å². The second-order valence-corrected chi connectivity index (χ2v) is 7.52. The molecule has 0 N–H and O–H groups in total. The number of unbranched alkanes of at least 4 members (excludes halogenated alkanes) is 11. The minimum absolute atomic E-state index is 0.375. The molecule has 136 valence electrons. The van der Waals surface area contributed by atoms with Crippen LogP contribution in [0, 0.1) is 5.92 Å². The molecule has 0 amide bonds. The Morgan fingerprint density at radius 1 is 0.870 bits per heavy atom. The third-order valence-corrected chi connectivity index (χ3v) is 4.53. The second-order valence-electron chi connectivity index (χ2n) is 7.52. The van der Waals surface area contributed by atoms with Crippen LogP contribution in [-0.2, 0) is 9.47 Å². The topological polar surface area (TPSA) is 21.8 Å². The number of hydrogen-bond acceptors (Lipinski definition) is 2. The molecule has 0 aromatic carbocycles. The number of epoxide rings is 1. The number of ether oxygens (including phenoxy) is 2. The molecule has 1 fully saturated rings. The average Bonchev–Trinajstić information content (AvgIpc) is 3.34. The SMILES string of the molecule is CC(C)CCCCCCCCCCCCCC=COCC1CO1. The van der Waals surface area contributed by atoms with Crippen molar-refractivity contribution >= 4 is 0 Å². The monoisotopic (exact) mass is 324 g/mol. The Morgan fingerprint density at radius 3 is 1.91 bits per heavy atom. The molecule has 1 aliphatic rings. The Morgan fingerprint density at radius 2 is 1.39 bits per heavy atom. The molecule has 2 heteroatoms. The van der Waals surface area contributed by atoms with Gasteiger partial charge in [0.05, 0.1) is 12.9 Å². The molecule has 0 spiro atoms. The van der Waals surface area contributed by atoms with Gasteiger partial charge in [0.1, 0.15) is 12.7 Å². The van der Waals surface area contributed by atoms with Gasteiger partial charge in [0.15, 0.2) is 0 Å². The van der Waals surface area contributed by atoms with E-state index in [-0.39, 0.29) is 0 Å². The number of allylic oxidation sites excluding steroid dienone is 1. The van der Waals surface area contributed by atoms with E-state index in [2.05, 4.69) is 19.9 Å². The number of rotatable bonds is 17. The Balaban J connectivity index is 1.65. The van der Waals surface area contributed by atoms with Crippen LogP contribution in [0.5, 0.6) is 0 Å². The first-order chi connectivity index (χ1) is 11.3. The molecule has 1 unspecified atom stereocenters. The van der Waals surface area contributed by atoms with Gasteiger partial charge in [-0.05, 0) is 24.8 Å². The van der Waals surface area contributed by atoms with Crippen molar-refractivity contribution in [2.24, 2.45) is 5.92 Å². The van der Waals surface area contributed by atoms with E-state index < -0.39 is 0 Å². The van der Waals surface area contributed by atoms with Gasteiger partial charge in [-0.2, -0.15) is 0 Å². The van der Waals surface area contributed by atoms with Gasteiger partial charge in [-0.3, -0.25) is 0 Å². The molecule has 2 nitrogen and oxygen atoms in total. The van der Waals surface area contributed by atoms with Crippen LogP contribution in [0.2, 0.25) is 0 Å². The summed E-state index contributed by atoms with van der Waals surface area (Å²) in [7, 11) is 0. The molecule has 1 atom stereocenters. The Hall–Kier alpha value is -0.500. The highest BCUT2D eigenvalue weighted by molar-refractivity contribution is 4.75. The predicted molar refractivity (Wildman–Crippen MR) is 99.7 cm³/mol. The third-order valence-electron chi connectivity index (χ3n) is 4.53. The normalized spacial score (nSPS) is 17.3. The summed E-state index contributed by atoms with van der Waals surface area (Å²) < 4.78 is 10.5. The maximum Gasteiger partial charge on any atom is 0.116 e. The smallest absolute Gasteiger partial charge is 0.116 e. The van der Waals surface area contributed by atoms with E-state index >= 15 is 0 Å². The lowest BCUT2D eigenvalue weighted by Gasteiger charge is -2.04. The summed E-state index contributed by atoms with van der Waals surface area (Å²) >= 11 is 0. The van der Waals surface area contributed by atoms with E-state index in [0.29, 0.717) is 6.10 Å². The van der Waals surface area contributed by atoms with Crippen molar-refractivity contribution in [3.63, 3.8) is 0 Å². The Kier molecular flexibility index (Phi) is 13.4. The van der Waals surface area contributed by atoms with Crippen LogP contribution in [-0.4, -0.2) is 19.3 Å². The lowest BCUT2D eigenvalue weighted by molar-refractivity contribution is 0.211. The summed E-state index contributed by atoms with van der Waals surface area (Å²) in [5.41, 5.74) is 0. The zero-order valence-corrected chi connectivity index (χ0v) is 15.7. The summed E-state index contributed by atoms with van der Waals surface area (Å²) in [6.07, 6.45) is 22.6. The fourth-order valence-corrected chi connectivity index (χ4v) is 2.87. The van der Waals surface area contributed by atoms with Crippen LogP contribution < -0.4 is 0 Å². The van der Waals surface area contributed by atoms with E-state index in [0.717, 1.165) is 25.6 Å². The first-order valence-corrected chi connectivity index (χ1v) is 10.2. The highest BCUT2D eigenvalue weighted by Gasteiger charge is 2.22. The fraction of sp³-hybridized carbons (Fsp3) is 0.905.